The maximum Gasteiger partial charge on any atom is 0.146 e. The number of para-hydroxylation sites is 1. The van der Waals surface area contributed by atoms with Gasteiger partial charge in [0.2, 0.25) is 0 Å². The van der Waals surface area contributed by atoms with Crippen molar-refractivity contribution >= 4 is 0 Å². The maximum absolute atomic E-state index is 5.66. The SMILES string of the molecule is CCn1c(C)cnc1COc1ccccc1. The number of aromatic nitrogens is 2. The Morgan fingerprint density at radius 2 is 2.00 bits per heavy atom. The van der Waals surface area contributed by atoms with Crippen LogP contribution in [0.15, 0.2) is 36.5 Å². The average Bonchev–Trinajstić information content (AvgIpc) is 2.68. The topological polar surface area (TPSA) is 27.1 Å². The molecule has 0 aliphatic carbocycles. The molecule has 0 fully saturated rings. The van der Waals surface area contributed by atoms with Gasteiger partial charge in [-0.25, -0.2) is 4.98 Å². The Morgan fingerprint density at radius 1 is 1.25 bits per heavy atom. The average molecular weight is 216 g/mol. The van der Waals surface area contributed by atoms with Gasteiger partial charge in [-0.3, -0.25) is 0 Å². The molecule has 0 unspecified atom stereocenters. The molecule has 16 heavy (non-hydrogen) atoms. The fourth-order valence-corrected chi connectivity index (χ4v) is 1.72. The first-order valence-electron chi connectivity index (χ1n) is 5.50. The second-order valence-electron chi connectivity index (χ2n) is 3.66. The molecule has 0 amide bonds. The van der Waals surface area contributed by atoms with Crippen LogP contribution in [0.4, 0.5) is 0 Å². The molecule has 0 saturated carbocycles. The van der Waals surface area contributed by atoms with Crippen LogP contribution in [0.2, 0.25) is 0 Å². The van der Waals surface area contributed by atoms with Gasteiger partial charge >= 0.3 is 0 Å². The highest BCUT2D eigenvalue weighted by Gasteiger charge is 2.05. The molecule has 84 valence electrons. The van der Waals surface area contributed by atoms with Crippen molar-refractivity contribution in [2.75, 3.05) is 0 Å². The molecule has 0 N–H and O–H groups in total. The molecule has 0 aliphatic rings. The van der Waals surface area contributed by atoms with E-state index in [0.29, 0.717) is 6.61 Å². The van der Waals surface area contributed by atoms with E-state index in [1.54, 1.807) is 0 Å². The molecule has 1 aromatic heterocycles. The Bertz CT molecular complexity index is 448. The molecule has 0 saturated heterocycles. The summed E-state index contributed by atoms with van der Waals surface area (Å²) in [6, 6.07) is 9.81. The summed E-state index contributed by atoms with van der Waals surface area (Å²) in [4.78, 5) is 4.34. The first-order valence-corrected chi connectivity index (χ1v) is 5.50. The second-order valence-corrected chi connectivity index (χ2v) is 3.66. The molecule has 3 heteroatoms. The van der Waals surface area contributed by atoms with Gasteiger partial charge in [0, 0.05) is 18.4 Å². The lowest BCUT2D eigenvalue weighted by Gasteiger charge is -2.08. The van der Waals surface area contributed by atoms with Gasteiger partial charge in [0.05, 0.1) is 0 Å². The Hall–Kier alpha value is -1.77. The zero-order valence-electron chi connectivity index (χ0n) is 9.68. The Kier molecular flexibility index (Phi) is 3.25. The third kappa shape index (κ3) is 2.24. The molecule has 0 aliphatic heterocycles. The quantitative estimate of drug-likeness (QED) is 0.785. The number of hydrogen-bond donors (Lipinski definition) is 0. The van der Waals surface area contributed by atoms with Crippen molar-refractivity contribution in [1.29, 1.82) is 0 Å². The van der Waals surface area contributed by atoms with Gasteiger partial charge in [-0.1, -0.05) is 18.2 Å². The second kappa shape index (κ2) is 4.84. The first-order chi connectivity index (χ1) is 7.81. The normalized spacial score (nSPS) is 10.4. The van der Waals surface area contributed by atoms with E-state index in [4.69, 9.17) is 4.74 Å². The van der Waals surface area contributed by atoms with Crippen LogP contribution in [0, 0.1) is 6.92 Å². The molecular weight excluding hydrogens is 200 g/mol. The van der Waals surface area contributed by atoms with Gasteiger partial charge in [-0.15, -0.1) is 0 Å². The minimum Gasteiger partial charge on any atom is -0.486 e. The molecule has 2 aromatic rings. The highest BCUT2D eigenvalue weighted by molar-refractivity contribution is 5.21. The number of rotatable bonds is 4. The van der Waals surface area contributed by atoms with Crippen molar-refractivity contribution in [2.24, 2.45) is 0 Å². The summed E-state index contributed by atoms with van der Waals surface area (Å²) in [6.45, 7) is 5.62. The summed E-state index contributed by atoms with van der Waals surface area (Å²) in [5.41, 5.74) is 1.18. The van der Waals surface area contributed by atoms with Crippen LogP contribution in [0.25, 0.3) is 0 Å². The van der Waals surface area contributed by atoms with E-state index in [2.05, 4.69) is 23.4 Å². The van der Waals surface area contributed by atoms with Gasteiger partial charge in [-0.2, -0.15) is 0 Å². The van der Waals surface area contributed by atoms with Gasteiger partial charge < -0.3 is 9.30 Å². The number of nitrogens with zero attached hydrogens (tertiary/aromatic N) is 2. The van der Waals surface area contributed by atoms with E-state index >= 15 is 0 Å². The van der Waals surface area contributed by atoms with E-state index in [-0.39, 0.29) is 0 Å². The van der Waals surface area contributed by atoms with E-state index in [1.807, 2.05) is 36.5 Å². The summed E-state index contributed by atoms with van der Waals surface area (Å²) in [6.07, 6.45) is 1.88. The smallest absolute Gasteiger partial charge is 0.146 e. The molecule has 1 aromatic carbocycles. The van der Waals surface area contributed by atoms with Crippen LogP contribution >= 0.6 is 0 Å². The van der Waals surface area contributed by atoms with Gasteiger partial charge in [0.25, 0.3) is 0 Å². The molecule has 3 nitrogen and oxygen atoms in total. The summed E-state index contributed by atoms with van der Waals surface area (Å²) in [5.74, 6) is 1.86. The van der Waals surface area contributed by atoms with Crippen LogP contribution in [0.3, 0.4) is 0 Å². The molecule has 0 atom stereocenters. The third-order valence-electron chi connectivity index (χ3n) is 2.57. The Morgan fingerprint density at radius 3 is 2.69 bits per heavy atom. The largest absolute Gasteiger partial charge is 0.486 e. The van der Waals surface area contributed by atoms with Crippen LogP contribution in [0.5, 0.6) is 5.75 Å². The lowest BCUT2D eigenvalue weighted by atomic mass is 10.3. The number of benzene rings is 1. The summed E-state index contributed by atoms with van der Waals surface area (Å²) in [5, 5.41) is 0. The van der Waals surface area contributed by atoms with Gasteiger partial charge in [0.1, 0.15) is 18.2 Å². The van der Waals surface area contributed by atoms with E-state index in [1.165, 1.54) is 5.69 Å². The molecular formula is C13H16N2O. The van der Waals surface area contributed by atoms with Crippen molar-refractivity contribution in [3.05, 3.63) is 48.0 Å². The predicted octanol–water partition coefficient (Wildman–Crippen LogP) is 2.79. The summed E-state index contributed by atoms with van der Waals surface area (Å²) in [7, 11) is 0. The zero-order valence-corrected chi connectivity index (χ0v) is 9.68. The van der Waals surface area contributed by atoms with Crippen molar-refractivity contribution in [2.45, 2.75) is 27.0 Å². The summed E-state index contributed by atoms with van der Waals surface area (Å²) < 4.78 is 7.82. The fourth-order valence-electron chi connectivity index (χ4n) is 1.72. The minimum atomic E-state index is 0.520. The van der Waals surface area contributed by atoms with Gasteiger partial charge in [0.15, 0.2) is 0 Å². The first kappa shape index (κ1) is 10.7. The number of aryl methyl sites for hydroxylation is 1. The lowest BCUT2D eigenvalue weighted by molar-refractivity contribution is 0.289. The van der Waals surface area contributed by atoms with Crippen LogP contribution < -0.4 is 4.74 Å². The molecule has 0 radical (unpaired) electrons. The highest BCUT2D eigenvalue weighted by Crippen LogP contribution is 2.12. The van der Waals surface area contributed by atoms with E-state index < -0.39 is 0 Å². The predicted molar refractivity (Wildman–Crippen MR) is 63.4 cm³/mol. The number of imidazole rings is 1. The van der Waals surface area contributed by atoms with Crippen LogP contribution in [-0.2, 0) is 13.2 Å². The Balaban J connectivity index is 2.05. The highest BCUT2D eigenvalue weighted by atomic mass is 16.5. The zero-order chi connectivity index (χ0) is 11.4. The van der Waals surface area contributed by atoms with Crippen molar-refractivity contribution in [1.82, 2.24) is 9.55 Å². The van der Waals surface area contributed by atoms with Crippen LogP contribution in [-0.4, -0.2) is 9.55 Å². The molecule has 0 bridgehead atoms. The lowest BCUT2D eigenvalue weighted by Crippen LogP contribution is -2.07. The van der Waals surface area contributed by atoms with Crippen molar-refractivity contribution in [3.8, 4) is 5.75 Å². The third-order valence-corrected chi connectivity index (χ3v) is 2.57. The fraction of sp³-hybridized carbons (Fsp3) is 0.308. The molecule has 0 spiro atoms. The standard InChI is InChI=1S/C13H16N2O/c1-3-15-11(2)9-14-13(15)10-16-12-7-5-4-6-8-12/h4-9H,3,10H2,1-2H3. The van der Waals surface area contributed by atoms with E-state index in [0.717, 1.165) is 18.1 Å². The number of hydrogen-bond acceptors (Lipinski definition) is 2. The monoisotopic (exact) mass is 216 g/mol. The molecule has 2 rings (SSSR count). The van der Waals surface area contributed by atoms with E-state index in [9.17, 15) is 0 Å². The van der Waals surface area contributed by atoms with Gasteiger partial charge in [-0.05, 0) is 26.0 Å². The molecule has 1 heterocycles. The van der Waals surface area contributed by atoms with Crippen molar-refractivity contribution < 1.29 is 4.74 Å². The Labute approximate surface area is 95.7 Å². The maximum atomic E-state index is 5.66. The summed E-state index contributed by atoms with van der Waals surface area (Å²) >= 11 is 0. The minimum absolute atomic E-state index is 0.520. The van der Waals surface area contributed by atoms with Crippen molar-refractivity contribution in [3.63, 3.8) is 0 Å². The number of ether oxygens (including phenoxy) is 1. The van der Waals surface area contributed by atoms with Crippen LogP contribution in [0.1, 0.15) is 18.4 Å².